The van der Waals surface area contributed by atoms with E-state index in [2.05, 4.69) is 32.2 Å². The first-order valence-electron chi connectivity index (χ1n) is 12.1. The van der Waals surface area contributed by atoms with Crippen molar-refractivity contribution in [3.8, 4) is 5.75 Å². The van der Waals surface area contributed by atoms with Crippen molar-refractivity contribution in [2.45, 2.75) is 63.6 Å². The summed E-state index contributed by atoms with van der Waals surface area (Å²) >= 11 is 7.59. The smallest absolute Gasteiger partial charge is 0.323 e. The first kappa shape index (κ1) is 28.1. The van der Waals surface area contributed by atoms with Crippen molar-refractivity contribution in [1.82, 2.24) is 15.1 Å². The number of nitrogens with one attached hydrogen (secondary N) is 2. The van der Waals surface area contributed by atoms with Gasteiger partial charge in [0.1, 0.15) is 35.1 Å². The molecular formula is C24H33ClN5O5PS. The minimum atomic E-state index is -1.67. The summed E-state index contributed by atoms with van der Waals surface area (Å²) in [7, 11) is -1.67. The maximum atomic E-state index is 12.4. The van der Waals surface area contributed by atoms with Crippen LogP contribution in [0.5, 0.6) is 5.75 Å². The van der Waals surface area contributed by atoms with E-state index in [9.17, 15) is 4.79 Å². The molecule has 2 aliphatic rings. The molecule has 0 radical (unpaired) electrons. The number of rotatable bonds is 11. The molecule has 2 N–H and O–H groups in total. The van der Waals surface area contributed by atoms with E-state index in [1.165, 1.54) is 0 Å². The predicted octanol–water partition coefficient (Wildman–Crippen LogP) is 5.04. The van der Waals surface area contributed by atoms with Crippen LogP contribution in [0.1, 0.15) is 34.1 Å². The lowest BCUT2D eigenvalue weighted by Crippen LogP contribution is -2.39. The summed E-state index contributed by atoms with van der Waals surface area (Å²) in [4.78, 5) is 23.4. The van der Waals surface area contributed by atoms with Crippen molar-refractivity contribution >= 4 is 49.4 Å². The van der Waals surface area contributed by atoms with Crippen LogP contribution >= 0.6 is 31.9 Å². The highest BCUT2D eigenvalue weighted by Gasteiger charge is 2.40. The van der Waals surface area contributed by atoms with Crippen LogP contribution in [0.2, 0.25) is 5.02 Å². The normalized spacial score (nSPS) is 22.5. The molecule has 0 saturated carbocycles. The van der Waals surface area contributed by atoms with Crippen LogP contribution in [-0.2, 0) is 18.8 Å². The summed E-state index contributed by atoms with van der Waals surface area (Å²) in [6.45, 7) is 8.41. The SMILES string of the molecule is CSc1ncnc2c1NCN2C1OC(COP(NC(C)C(=O)OC(C)C)Oc2ccc(Cl)cc2)CC1C. The topological polar surface area (TPSA) is 107 Å². The largest absolute Gasteiger partial charge is 0.462 e. The molecule has 1 aromatic carbocycles. The van der Waals surface area contributed by atoms with E-state index in [0.717, 1.165) is 23.0 Å². The summed E-state index contributed by atoms with van der Waals surface area (Å²) < 4.78 is 23.9. The van der Waals surface area contributed by atoms with Crippen LogP contribution in [0.25, 0.3) is 0 Å². The van der Waals surface area contributed by atoms with Gasteiger partial charge in [0.05, 0.1) is 25.5 Å². The maximum Gasteiger partial charge on any atom is 0.323 e. The van der Waals surface area contributed by atoms with Crippen LogP contribution in [-0.4, -0.2) is 59.9 Å². The molecular weight excluding hydrogens is 537 g/mol. The van der Waals surface area contributed by atoms with E-state index in [0.29, 0.717) is 24.0 Å². The molecule has 2 aromatic rings. The molecule has 10 nitrogen and oxygen atoms in total. The Balaban J connectivity index is 1.39. The van der Waals surface area contributed by atoms with E-state index >= 15 is 0 Å². The van der Waals surface area contributed by atoms with Gasteiger partial charge in [-0.15, -0.1) is 11.8 Å². The number of halogens is 1. The number of anilines is 2. The molecule has 0 amide bonds. The zero-order valence-electron chi connectivity index (χ0n) is 21.5. The molecule has 1 aromatic heterocycles. The van der Waals surface area contributed by atoms with Gasteiger partial charge in [0.2, 0.25) is 0 Å². The van der Waals surface area contributed by atoms with Gasteiger partial charge in [0.15, 0.2) is 5.82 Å². The average Bonchev–Trinajstić information content (AvgIpc) is 3.46. The van der Waals surface area contributed by atoms with Gasteiger partial charge >= 0.3 is 14.5 Å². The van der Waals surface area contributed by atoms with Gasteiger partial charge in [0, 0.05) is 10.9 Å². The van der Waals surface area contributed by atoms with Crippen molar-refractivity contribution in [1.29, 1.82) is 0 Å². The van der Waals surface area contributed by atoms with Crippen LogP contribution < -0.4 is 19.8 Å². The number of hydrogen-bond donors (Lipinski definition) is 2. The number of aromatic nitrogens is 2. The highest BCUT2D eigenvalue weighted by molar-refractivity contribution is 7.98. The van der Waals surface area contributed by atoms with E-state index in [1.807, 2.05) is 20.1 Å². The van der Waals surface area contributed by atoms with Crippen molar-refractivity contribution in [3.63, 3.8) is 0 Å². The zero-order valence-corrected chi connectivity index (χ0v) is 24.0. The molecule has 1 saturated heterocycles. The minimum Gasteiger partial charge on any atom is -0.462 e. The number of carbonyl (C=O) groups excluding carboxylic acids is 1. The monoisotopic (exact) mass is 569 g/mol. The summed E-state index contributed by atoms with van der Waals surface area (Å²) in [5.41, 5.74) is 0.942. The number of hydrogen-bond acceptors (Lipinski definition) is 11. The average molecular weight is 570 g/mol. The third-order valence-corrected chi connectivity index (χ3v) is 8.14. The van der Waals surface area contributed by atoms with Gasteiger partial charge in [-0.3, -0.25) is 4.79 Å². The fourth-order valence-electron chi connectivity index (χ4n) is 4.12. The fraction of sp³-hybridized carbons (Fsp3) is 0.542. The van der Waals surface area contributed by atoms with Gasteiger partial charge in [0.25, 0.3) is 0 Å². The van der Waals surface area contributed by atoms with E-state index in [-0.39, 0.29) is 30.3 Å². The molecule has 0 aliphatic carbocycles. The third kappa shape index (κ3) is 7.16. The summed E-state index contributed by atoms with van der Waals surface area (Å²) in [6.07, 6.45) is 3.88. The van der Waals surface area contributed by atoms with Crippen LogP contribution in [0.4, 0.5) is 11.5 Å². The highest BCUT2D eigenvalue weighted by atomic mass is 35.5. The van der Waals surface area contributed by atoms with Crippen LogP contribution in [0, 0.1) is 5.92 Å². The van der Waals surface area contributed by atoms with Gasteiger partial charge < -0.3 is 28.7 Å². The molecule has 3 heterocycles. The summed E-state index contributed by atoms with van der Waals surface area (Å²) in [5, 5.41) is 8.05. The number of carbonyl (C=O) groups is 1. The second-order valence-electron chi connectivity index (χ2n) is 9.18. The fourth-order valence-corrected chi connectivity index (χ4v) is 5.98. The molecule has 5 unspecified atom stereocenters. The lowest BCUT2D eigenvalue weighted by atomic mass is 10.1. The molecule has 13 heteroatoms. The number of ether oxygens (including phenoxy) is 2. The molecule has 5 atom stereocenters. The summed E-state index contributed by atoms with van der Waals surface area (Å²) in [5.74, 6) is 1.31. The number of esters is 1. The molecule has 2 aliphatic heterocycles. The Kier molecular flexibility index (Phi) is 9.72. The lowest BCUT2D eigenvalue weighted by Gasteiger charge is -2.28. The Morgan fingerprint density at radius 2 is 2.08 bits per heavy atom. The van der Waals surface area contributed by atoms with Gasteiger partial charge in [-0.05, 0) is 57.7 Å². The standard InChI is InChI=1S/C24H33ClN5O5PS/c1-14(2)33-24(31)16(4)29-36(35-18-8-6-17(25)7-9-18)32-11-19-10-15(3)23(34-19)30-13-28-20-21(30)26-12-27-22(20)37-5/h6-9,12,14-16,19,23,28-29H,10-11,13H2,1-5H3. The highest BCUT2D eigenvalue weighted by Crippen LogP contribution is 2.42. The molecule has 37 heavy (non-hydrogen) atoms. The van der Waals surface area contributed by atoms with Crippen LogP contribution in [0.15, 0.2) is 35.6 Å². The quantitative estimate of drug-likeness (QED) is 0.164. The minimum absolute atomic E-state index is 0.149. The van der Waals surface area contributed by atoms with Gasteiger partial charge in [-0.2, -0.15) is 0 Å². The molecule has 0 bridgehead atoms. The van der Waals surface area contributed by atoms with Gasteiger partial charge in [-0.1, -0.05) is 18.5 Å². The number of benzene rings is 1. The number of fused-ring (bicyclic) bond motifs is 1. The molecule has 202 valence electrons. The molecule has 4 rings (SSSR count). The Bertz CT molecular complexity index is 1070. The maximum absolute atomic E-state index is 12.4. The Labute approximate surface area is 228 Å². The second-order valence-corrected chi connectivity index (χ2v) is 11.6. The first-order chi connectivity index (χ1) is 17.7. The second kappa shape index (κ2) is 12.8. The lowest BCUT2D eigenvalue weighted by molar-refractivity contribution is -0.149. The number of nitrogens with zero attached hydrogens (tertiary/aromatic N) is 3. The first-order valence-corrected chi connectivity index (χ1v) is 14.9. The van der Waals surface area contributed by atoms with Crippen molar-refractivity contribution in [3.05, 3.63) is 35.6 Å². The summed E-state index contributed by atoms with van der Waals surface area (Å²) in [6, 6.07) is 6.37. The van der Waals surface area contributed by atoms with Crippen molar-refractivity contribution < 1.29 is 23.3 Å². The zero-order chi connectivity index (χ0) is 26.5. The Morgan fingerprint density at radius 3 is 2.78 bits per heavy atom. The van der Waals surface area contributed by atoms with Crippen LogP contribution in [0.3, 0.4) is 0 Å². The Morgan fingerprint density at radius 1 is 1.32 bits per heavy atom. The predicted molar refractivity (Wildman–Crippen MR) is 146 cm³/mol. The number of thioether (sulfide) groups is 1. The molecule has 1 fully saturated rings. The van der Waals surface area contributed by atoms with Gasteiger partial charge in [-0.25, -0.2) is 15.1 Å². The van der Waals surface area contributed by atoms with E-state index in [4.69, 9.17) is 30.1 Å². The van der Waals surface area contributed by atoms with Crippen molar-refractivity contribution in [2.75, 3.05) is 29.7 Å². The molecule has 0 spiro atoms. The van der Waals surface area contributed by atoms with E-state index in [1.54, 1.807) is 49.3 Å². The third-order valence-electron chi connectivity index (χ3n) is 5.83. The Hall–Kier alpha value is -1.88. The van der Waals surface area contributed by atoms with Crippen molar-refractivity contribution in [2.24, 2.45) is 5.92 Å². The van der Waals surface area contributed by atoms with E-state index < -0.39 is 14.6 Å².